The molecule has 0 aliphatic carbocycles. The molecule has 1 fully saturated rings. The molecule has 0 atom stereocenters. The van der Waals surface area contributed by atoms with Gasteiger partial charge in [-0.2, -0.15) is 0 Å². The van der Waals surface area contributed by atoms with Crippen molar-refractivity contribution in [1.82, 2.24) is 24.8 Å². The van der Waals surface area contributed by atoms with Crippen LogP contribution < -0.4 is 10.2 Å². The first-order valence-electron chi connectivity index (χ1n) is 9.66. The number of carbonyl (C=O) groups is 1. The topological polar surface area (TPSA) is 87.1 Å². The quantitative estimate of drug-likeness (QED) is 0.546. The summed E-state index contributed by atoms with van der Waals surface area (Å²) in [6.07, 6.45) is 3.27. The van der Waals surface area contributed by atoms with Crippen LogP contribution in [0.1, 0.15) is 9.80 Å². The van der Waals surface area contributed by atoms with Crippen molar-refractivity contribution in [3.8, 4) is 0 Å². The lowest BCUT2D eigenvalue weighted by Gasteiger charge is -2.35. The third kappa shape index (κ3) is 3.79. The minimum Gasteiger partial charge on any atom is -0.353 e. The van der Waals surface area contributed by atoms with E-state index in [9.17, 15) is 4.79 Å². The van der Waals surface area contributed by atoms with Crippen LogP contribution in [-0.2, 0) is 0 Å². The first kappa shape index (κ1) is 18.4. The number of anilines is 3. The second-order valence-electron chi connectivity index (χ2n) is 6.87. The number of fused-ring (bicyclic) bond motifs is 1. The Morgan fingerprint density at radius 1 is 0.933 bits per heavy atom. The summed E-state index contributed by atoms with van der Waals surface area (Å²) in [6, 6.07) is 15.4. The van der Waals surface area contributed by atoms with Crippen LogP contribution in [0.25, 0.3) is 10.2 Å². The normalized spacial score (nSPS) is 14.1. The Balaban J connectivity index is 1.24. The number of carbonyl (C=O) groups excluding carboxylic acids is 1. The van der Waals surface area contributed by atoms with Crippen molar-refractivity contribution >= 4 is 44.9 Å². The molecule has 0 saturated carbocycles. The molecule has 9 heteroatoms. The molecule has 8 nitrogen and oxygen atoms in total. The Hall–Kier alpha value is -3.59. The highest BCUT2D eigenvalue weighted by molar-refractivity contribution is 7.20. The molecular weight excluding hydrogens is 398 g/mol. The van der Waals surface area contributed by atoms with Crippen LogP contribution in [0.3, 0.4) is 0 Å². The molecule has 5 rings (SSSR count). The van der Waals surface area contributed by atoms with Gasteiger partial charge in [-0.1, -0.05) is 18.2 Å². The van der Waals surface area contributed by atoms with Crippen LogP contribution in [0.4, 0.5) is 17.5 Å². The molecule has 1 N–H and O–H groups in total. The molecule has 1 amide bonds. The van der Waals surface area contributed by atoms with Gasteiger partial charge in [-0.05, 0) is 24.3 Å². The van der Waals surface area contributed by atoms with Gasteiger partial charge in [0.1, 0.15) is 23.8 Å². The zero-order valence-electron chi connectivity index (χ0n) is 16.1. The van der Waals surface area contributed by atoms with E-state index in [1.165, 1.54) is 11.3 Å². The number of hydrogen-bond donors (Lipinski definition) is 1. The number of nitrogens with one attached hydrogen (secondary N) is 1. The molecule has 1 aliphatic rings. The molecule has 0 unspecified atom stereocenters. The fourth-order valence-electron chi connectivity index (χ4n) is 3.39. The predicted molar refractivity (Wildman–Crippen MR) is 117 cm³/mol. The van der Waals surface area contributed by atoms with Crippen LogP contribution in [-0.4, -0.2) is 56.9 Å². The summed E-state index contributed by atoms with van der Waals surface area (Å²) in [5, 5.41) is 3.73. The van der Waals surface area contributed by atoms with Gasteiger partial charge in [0.25, 0.3) is 5.91 Å². The number of piperazine rings is 1. The van der Waals surface area contributed by atoms with Crippen molar-refractivity contribution in [3.63, 3.8) is 0 Å². The van der Waals surface area contributed by atoms with E-state index in [0.717, 1.165) is 21.9 Å². The number of benzene rings is 1. The smallest absolute Gasteiger partial charge is 0.282 e. The van der Waals surface area contributed by atoms with Crippen LogP contribution >= 0.6 is 11.3 Å². The second kappa shape index (κ2) is 8.03. The molecule has 1 saturated heterocycles. The first-order chi connectivity index (χ1) is 14.8. The molecule has 0 bridgehead atoms. The van der Waals surface area contributed by atoms with Gasteiger partial charge in [0.05, 0.1) is 10.2 Å². The number of nitrogens with zero attached hydrogens (tertiary/aromatic N) is 6. The molecule has 3 aromatic heterocycles. The molecular formula is C21H19N7OS. The lowest BCUT2D eigenvalue weighted by atomic mass is 10.3. The third-order valence-electron chi connectivity index (χ3n) is 4.94. The number of aromatic nitrogens is 4. The Morgan fingerprint density at radius 2 is 1.77 bits per heavy atom. The summed E-state index contributed by atoms with van der Waals surface area (Å²) in [6.45, 7) is 2.66. The Kier molecular flexibility index (Phi) is 4.94. The van der Waals surface area contributed by atoms with Crippen LogP contribution in [0.15, 0.2) is 61.1 Å². The van der Waals surface area contributed by atoms with Gasteiger partial charge in [-0.15, -0.1) is 11.3 Å². The zero-order chi connectivity index (χ0) is 20.3. The maximum absolute atomic E-state index is 12.9. The lowest BCUT2D eigenvalue weighted by molar-refractivity contribution is 0.0746. The molecule has 0 spiro atoms. The van der Waals surface area contributed by atoms with Gasteiger partial charge in [-0.3, -0.25) is 4.79 Å². The van der Waals surface area contributed by atoms with Crippen LogP contribution in [0, 0.1) is 0 Å². The monoisotopic (exact) mass is 417 g/mol. The summed E-state index contributed by atoms with van der Waals surface area (Å²) < 4.78 is 1.04. The maximum atomic E-state index is 12.9. The van der Waals surface area contributed by atoms with Gasteiger partial charge in [0.15, 0.2) is 5.01 Å². The van der Waals surface area contributed by atoms with E-state index in [0.29, 0.717) is 37.0 Å². The van der Waals surface area contributed by atoms with Gasteiger partial charge >= 0.3 is 0 Å². The fourth-order valence-corrected chi connectivity index (χ4v) is 4.33. The van der Waals surface area contributed by atoms with Gasteiger partial charge in [0.2, 0.25) is 0 Å². The van der Waals surface area contributed by atoms with E-state index in [1.807, 2.05) is 53.4 Å². The summed E-state index contributed by atoms with van der Waals surface area (Å²) in [5.74, 6) is 2.24. The molecule has 0 radical (unpaired) electrons. The molecule has 150 valence electrons. The highest BCUT2D eigenvalue weighted by atomic mass is 32.1. The second-order valence-corrected chi connectivity index (χ2v) is 7.90. The molecule has 1 aromatic carbocycles. The SMILES string of the molecule is O=C(c1nc2ccccc2s1)N1CCN(c2cc(Nc3ccccn3)ncn2)CC1. The summed E-state index contributed by atoms with van der Waals surface area (Å²) in [7, 11) is 0. The minimum absolute atomic E-state index is 0.00366. The standard InChI is InChI=1S/C21H19N7OS/c29-21(20-25-15-5-1-2-6-16(15)30-20)28-11-9-27(10-12-28)19-13-18(23-14-24-19)26-17-7-3-4-8-22-17/h1-8,13-14H,9-12H2,(H,22,23,24,26). The van der Waals surface area contributed by atoms with Crippen molar-refractivity contribution in [1.29, 1.82) is 0 Å². The van der Waals surface area contributed by atoms with E-state index >= 15 is 0 Å². The molecule has 4 aromatic rings. The van der Waals surface area contributed by atoms with E-state index in [1.54, 1.807) is 12.5 Å². The highest BCUT2D eigenvalue weighted by Crippen LogP contribution is 2.24. The number of rotatable bonds is 4. The number of pyridine rings is 1. The van der Waals surface area contributed by atoms with Crippen LogP contribution in [0.2, 0.25) is 0 Å². The predicted octanol–water partition coefficient (Wildman–Crippen LogP) is 3.19. The fraction of sp³-hybridized carbons (Fsp3) is 0.190. The van der Waals surface area contributed by atoms with E-state index in [4.69, 9.17) is 0 Å². The minimum atomic E-state index is -0.00366. The molecule has 1 aliphatic heterocycles. The maximum Gasteiger partial charge on any atom is 0.282 e. The third-order valence-corrected chi connectivity index (χ3v) is 5.97. The molecule has 30 heavy (non-hydrogen) atoms. The Labute approximate surface area is 177 Å². The van der Waals surface area contributed by atoms with Crippen molar-refractivity contribution in [2.75, 3.05) is 36.4 Å². The van der Waals surface area contributed by atoms with E-state index < -0.39 is 0 Å². The van der Waals surface area contributed by atoms with Gasteiger partial charge in [-0.25, -0.2) is 19.9 Å². The van der Waals surface area contributed by atoms with Crippen molar-refractivity contribution < 1.29 is 4.79 Å². The highest BCUT2D eigenvalue weighted by Gasteiger charge is 2.25. The van der Waals surface area contributed by atoms with Crippen LogP contribution in [0.5, 0.6) is 0 Å². The summed E-state index contributed by atoms with van der Waals surface area (Å²) >= 11 is 1.45. The van der Waals surface area contributed by atoms with E-state index in [-0.39, 0.29) is 5.91 Å². The average Bonchev–Trinajstić information content (AvgIpc) is 3.24. The number of amides is 1. The average molecular weight is 417 g/mol. The van der Waals surface area contributed by atoms with Crippen molar-refractivity contribution in [2.24, 2.45) is 0 Å². The largest absolute Gasteiger partial charge is 0.353 e. The Bertz CT molecular complexity index is 1140. The molecule has 4 heterocycles. The van der Waals surface area contributed by atoms with Gasteiger partial charge in [0, 0.05) is 38.4 Å². The first-order valence-corrected chi connectivity index (χ1v) is 10.5. The van der Waals surface area contributed by atoms with E-state index in [2.05, 4.69) is 30.2 Å². The Morgan fingerprint density at radius 3 is 2.57 bits per heavy atom. The van der Waals surface area contributed by atoms with Crippen molar-refractivity contribution in [2.45, 2.75) is 0 Å². The number of para-hydroxylation sites is 1. The zero-order valence-corrected chi connectivity index (χ0v) is 16.9. The van der Waals surface area contributed by atoms with Crippen molar-refractivity contribution in [3.05, 3.63) is 66.1 Å². The summed E-state index contributed by atoms with van der Waals surface area (Å²) in [5.41, 5.74) is 0.874. The number of hydrogen-bond acceptors (Lipinski definition) is 8. The number of thiazole rings is 1. The summed E-state index contributed by atoms with van der Waals surface area (Å²) in [4.78, 5) is 34.3. The lowest BCUT2D eigenvalue weighted by Crippen LogP contribution is -2.49. The van der Waals surface area contributed by atoms with Gasteiger partial charge < -0.3 is 15.1 Å².